The van der Waals surface area contributed by atoms with Crippen LogP contribution < -0.4 is 19.9 Å². The lowest BCUT2D eigenvalue weighted by Crippen LogP contribution is -2.62. The summed E-state index contributed by atoms with van der Waals surface area (Å²) in [7, 11) is 4.80. The Labute approximate surface area is 147 Å². The molecule has 2 atom stereocenters. The number of ether oxygens (including phenoxy) is 3. The van der Waals surface area contributed by atoms with Gasteiger partial charge >= 0.3 is 0 Å². The van der Waals surface area contributed by atoms with Crippen molar-refractivity contribution in [1.29, 1.82) is 0 Å². The molecule has 0 radical (unpaired) electrons. The SMILES string of the molecule is COc1cccc(C2C(N)C(=O)N2Cc2ccc(OC)c(OC)c2)c1. The lowest BCUT2D eigenvalue weighted by molar-refractivity contribution is -0.150. The molecule has 6 heteroatoms. The minimum absolute atomic E-state index is 0.0670. The first-order chi connectivity index (χ1) is 12.1. The Morgan fingerprint density at radius 2 is 1.76 bits per heavy atom. The molecule has 0 aliphatic carbocycles. The van der Waals surface area contributed by atoms with Gasteiger partial charge in [-0.3, -0.25) is 4.79 Å². The number of β-lactam (4-membered cyclic amide) rings is 1. The molecule has 2 unspecified atom stereocenters. The number of hydrogen-bond acceptors (Lipinski definition) is 5. The standard InChI is InChI=1S/C19H22N2O4/c1-23-14-6-4-5-13(10-14)18-17(20)19(22)21(18)11-12-7-8-15(24-2)16(9-12)25-3/h4-10,17-18H,11,20H2,1-3H3. The number of amides is 1. The molecular weight excluding hydrogens is 320 g/mol. The van der Waals surface area contributed by atoms with Gasteiger partial charge in [0.2, 0.25) is 5.91 Å². The van der Waals surface area contributed by atoms with Crippen molar-refractivity contribution in [2.75, 3.05) is 21.3 Å². The number of hydrogen-bond donors (Lipinski definition) is 1. The van der Waals surface area contributed by atoms with E-state index < -0.39 is 6.04 Å². The molecule has 132 valence electrons. The largest absolute Gasteiger partial charge is 0.497 e. The highest BCUT2D eigenvalue weighted by Gasteiger charge is 2.45. The molecule has 0 bridgehead atoms. The summed E-state index contributed by atoms with van der Waals surface area (Å²) in [5.74, 6) is 1.97. The van der Waals surface area contributed by atoms with E-state index in [-0.39, 0.29) is 11.9 Å². The number of nitrogens with two attached hydrogens (primary N) is 1. The van der Waals surface area contributed by atoms with Gasteiger partial charge in [0.25, 0.3) is 0 Å². The Kier molecular flexibility index (Phi) is 4.81. The van der Waals surface area contributed by atoms with Crippen LogP contribution in [0.4, 0.5) is 0 Å². The van der Waals surface area contributed by atoms with Gasteiger partial charge in [-0.2, -0.15) is 0 Å². The third kappa shape index (κ3) is 3.13. The molecular formula is C19H22N2O4. The van der Waals surface area contributed by atoms with Gasteiger partial charge in [0.1, 0.15) is 11.8 Å². The molecule has 2 aromatic carbocycles. The fourth-order valence-corrected chi connectivity index (χ4v) is 3.14. The van der Waals surface area contributed by atoms with Gasteiger partial charge in [-0.15, -0.1) is 0 Å². The molecule has 3 rings (SSSR count). The van der Waals surface area contributed by atoms with E-state index in [1.54, 1.807) is 26.2 Å². The molecule has 6 nitrogen and oxygen atoms in total. The predicted octanol–water partition coefficient (Wildman–Crippen LogP) is 2.12. The second kappa shape index (κ2) is 7.03. The van der Waals surface area contributed by atoms with Crippen LogP contribution >= 0.6 is 0 Å². The van der Waals surface area contributed by atoms with Crippen LogP contribution in [-0.2, 0) is 11.3 Å². The van der Waals surface area contributed by atoms with E-state index in [2.05, 4.69) is 0 Å². The maximum atomic E-state index is 12.3. The van der Waals surface area contributed by atoms with Crippen LogP contribution in [0.1, 0.15) is 17.2 Å². The Morgan fingerprint density at radius 3 is 2.44 bits per heavy atom. The molecule has 0 spiro atoms. The number of carbonyl (C=O) groups is 1. The Morgan fingerprint density at radius 1 is 1.00 bits per heavy atom. The van der Waals surface area contributed by atoms with Gasteiger partial charge in [-0.1, -0.05) is 18.2 Å². The molecule has 0 saturated carbocycles. The highest BCUT2D eigenvalue weighted by molar-refractivity contribution is 5.89. The van der Waals surface area contributed by atoms with Gasteiger partial charge in [-0.05, 0) is 35.4 Å². The number of benzene rings is 2. The van der Waals surface area contributed by atoms with Crippen LogP contribution in [0.3, 0.4) is 0 Å². The van der Waals surface area contributed by atoms with E-state index in [4.69, 9.17) is 19.9 Å². The van der Waals surface area contributed by atoms with E-state index in [0.717, 1.165) is 16.9 Å². The summed E-state index contributed by atoms with van der Waals surface area (Å²) in [6.45, 7) is 0.453. The molecule has 1 amide bonds. The lowest BCUT2D eigenvalue weighted by atomic mass is 9.88. The van der Waals surface area contributed by atoms with E-state index in [9.17, 15) is 4.79 Å². The third-order valence-electron chi connectivity index (χ3n) is 4.48. The van der Waals surface area contributed by atoms with Crippen molar-refractivity contribution in [2.45, 2.75) is 18.6 Å². The summed E-state index contributed by atoms with van der Waals surface area (Å²) in [6, 6.07) is 12.6. The van der Waals surface area contributed by atoms with Crippen molar-refractivity contribution < 1.29 is 19.0 Å². The molecule has 1 heterocycles. The normalized spacial score (nSPS) is 19.4. The van der Waals surface area contributed by atoms with Crippen LogP contribution in [0.2, 0.25) is 0 Å². The maximum Gasteiger partial charge on any atom is 0.242 e. The maximum absolute atomic E-state index is 12.3. The molecule has 1 saturated heterocycles. The van der Waals surface area contributed by atoms with Gasteiger partial charge in [0.05, 0.1) is 27.4 Å². The van der Waals surface area contributed by atoms with Crippen molar-refractivity contribution in [3.05, 3.63) is 53.6 Å². The third-order valence-corrected chi connectivity index (χ3v) is 4.48. The minimum Gasteiger partial charge on any atom is -0.497 e. The van der Waals surface area contributed by atoms with Crippen molar-refractivity contribution in [3.63, 3.8) is 0 Å². The smallest absolute Gasteiger partial charge is 0.242 e. The van der Waals surface area contributed by atoms with Crippen molar-refractivity contribution in [2.24, 2.45) is 5.73 Å². The second-order valence-corrected chi connectivity index (χ2v) is 5.90. The average molecular weight is 342 g/mol. The Balaban J connectivity index is 1.84. The van der Waals surface area contributed by atoms with Gasteiger partial charge < -0.3 is 24.8 Å². The molecule has 2 aromatic rings. The van der Waals surface area contributed by atoms with Crippen molar-refractivity contribution in [3.8, 4) is 17.2 Å². The fourth-order valence-electron chi connectivity index (χ4n) is 3.14. The first kappa shape index (κ1) is 17.1. The predicted molar refractivity (Wildman–Crippen MR) is 93.8 cm³/mol. The Hall–Kier alpha value is -2.73. The Bertz CT molecular complexity index is 778. The first-order valence-electron chi connectivity index (χ1n) is 8.00. The molecule has 2 N–H and O–H groups in total. The number of likely N-dealkylation sites (tertiary alicyclic amines) is 1. The van der Waals surface area contributed by atoms with Crippen LogP contribution in [0.15, 0.2) is 42.5 Å². The zero-order valence-electron chi connectivity index (χ0n) is 14.6. The summed E-state index contributed by atoms with van der Waals surface area (Å²) in [5, 5.41) is 0. The average Bonchev–Trinajstić information content (AvgIpc) is 2.67. The minimum atomic E-state index is -0.535. The van der Waals surface area contributed by atoms with E-state index in [1.165, 1.54) is 0 Å². The van der Waals surface area contributed by atoms with E-state index in [1.807, 2.05) is 42.5 Å². The monoisotopic (exact) mass is 342 g/mol. The topological polar surface area (TPSA) is 74.0 Å². The molecule has 0 aromatic heterocycles. The first-order valence-corrected chi connectivity index (χ1v) is 8.00. The number of nitrogens with zero attached hydrogens (tertiary/aromatic N) is 1. The summed E-state index contributed by atoms with van der Waals surface area (Å²) in [6.07, 6.45) is 0. The molecule has 1 aliphatic rings. The van der Waals surface area contributed by atoms with Crippen LogP contribution in [0.5, 0.6) is 17.2 Å². The summed E-state index contributed by atoms with van der Waals surface area (Å²) < 4.78 is 15.9. The second-order valence-electron chi connectivity index (χ2n) is 5.90. The summed E-state index contributed by atoms with van der Waals surface area (Å²) in [5.41, 5.74) is 7.97. The number of methoxy groups -OCH3 is 3. The summed E-state index contributed by atoms with van der Waals surface area (Å²) >= 11 is 0. The van der Waals surface area contributed by atoms with E-state index >= 15 is 0 Å². The quantitative estimate of drug-likeness (QED) is 0.814. The molecule has 1 aliphatic heterocycles. The fraction of sp³-hybridized carbons (Fsp3) is 0.316. The van der Waals surface area contributed by atoms with Crippen LogP contribution in [-0.4, -0.2) is 38.2 Å². The molecule has 1 fully saturated rings. The van der Waals surface area contributed by atoms with Gasteiger partial charge in [0.15, 0.2) is 11.5 Å². The highest BCUT2D eigenvalue weighted by atomic mass is 16.5. The molecule has 25 heavy (non-hydrogen) atoms. The lowest BCUT2D eigenvalue weighted by Gasteiger charge is -2.46. The zero-order valence-corrected chi connectivity index (χ0v) is 14.6. The summed E-state index contributed by atoms with van der Waals surface area (Å²) in [4.78, 5) is 14.1. The van der Waals surface area contributed by atoms with Crippen LogP contribution in [0, 0.1) is 0 Å². The zero-order chi connectivity index (χ0) is 18.0. The number of rotatable bonds is 6. The van der Waals surface area contributed by atoms with Gasteiger partial charge in [0, 0.05) is 6.54 Å². The van der Waals surface area contributed by atoms with E-state index in [0.29, 0.717) is 18.0 Å². The van der Waals surface area contributed by atoms with Crippen molar-refractivity contribution in [1.82, 2.24) is 4.90 Å². The van der Waals surface area contributed by atoms with Gasteiger partial charge in [-0.25, -0.2) is 0 Å². The number of carbonyl (C=O) groups excluding carboxylic acids is 1. The van der Waals surface area contributed by atoms with Crippen molar-refractivity contribution >= 4 is 5.91 Å². The highest BCUT2D eigenvalue weighted by Crippen LogP contribution is 2.37. The van der Waals surface area contributed by atoms with Crippen LogP contribution in [0.25, 0.3) is 0 Å².